The quantitative estimate of drug-likeness (QED) is 0.583. The number of hydrogen-bond acceptors (Lipinski definition) is 4. The van der Waals surface area contributed by atoms with Gasteiger partial charge in [-0.1, -0.05) is 31.2 Å². The summed E-state index contributed by atoms with van der Waals surface area (Å²) >= 11 is 1.64. The van der Waals surface area contributed by atoms with E-state index >= 15 is 0 Å². The molecule has 0 saturated heterocycles. The number of amides is 3. The molecule has 3 aromatic rings. The number of nitrogens with one attached hydrogen (secondary N) is 2. The Labute approximate surface area is 186 Å². The van der Waals surface area contributed by atoms with E-state index in [1.165, 1.54) is 0 Å². The van der Waals surface area contributed by atoms with Crippen LogP contribution < -0.4 is 15.5 Å². The Balaban J connectivity index is 1.50. The van der Waals surface area contributed by atoms with Crippen LogP contribution in [0, 0.1) is 6.92 Å². The highest BCUT2D eigenvalue weighted by Crippen LogP contribution is 2.32. The van der Waals surface area contributed by atoms with Crippen molar-refractivity contribution in [3.63, 3.8) is 0 Å². The van der Waals surface area contributed by atoms with E-state index in [-0.39, 0.29) is 11.9 Å². The minimum Gasteiger partial charge on any atom is -0.321 e. The normalized spacial score (nSPS) is 12.8. The molecular weight excluding hydrogens is 408 g/mol. The monoisotopic (exact) mass is 432 g/mol. The fourth-order valence-corrected chi connectivity index (χ4v) is 4.51. The smallest absolute Gasteiger partial charge is 0.321 e. The summed E-state index contributed by atoms with van der Waals surface area (Å²) in [5, 5.41) is 6.79. The van der Waals surface area contributed by atoms with Gasteiger partial charge in [-0.3, -0.25) is 9.69 Å². The Morgan fingerprint density at radius 2 is 1.94 bits per heavy atom. The van der Waals surface area contributed by atoms with E-state index in [0.717, 1.165) is 39.7 Å². The maximum atomic E-state index is 12.9. The van der Waals surface area contributed by atoms with Crippen molar-refractivity contribution in [3.8, 4) is 0 Å². The predicted molar refractivity (Wildman–Crippen MR) is 126 cm³/mol. The van der Waals surface area contributed by atoms with Crippen molar-refractivity contribution in [3.05, 3.63) is 77.5 Å². The lowest BCUT2D eigenvalue weighted by atomic mass is 10.1. The SMILES string of the molecule is CCc1cccc(C)c1NC(=O)c1cccc(NC(=O)N2CCSc3ncccc32)c1. The molecule has 0 atom stereocenters. The summed E-state index contributed by atoms with van der Waals surface area (Å²) in [6, 6.07) is 16.5. The van der Waals surface area contributed by atoms with Crippen molar-refractivity contribution in [1.82, 2.24) is 4.98 Å². The second-order valence-electron chi connectivity index (χ2n) is 7.26. The summed E-state index contributed by atoms with van der Waals surface area (Å²) in [6.45, 7) is 4.64. The number of fused-ring (bicyclic) bond motifs is 1. The number of aryl methyl sites for hydroxylation is 2. The number of urea groups is 1. The molecule has 0 unspecified atom stereocenters. The predicted octanol–water partition coefficient (Wildman–Crippen LogP) is 5.35. The van der Waals surface area contributed by atoms with Gasteiger partial charge in [-0.15, -0.1) is 11.8 Å². The Morgan fingerprint density at radius 3 is 2.77 bits per heavy atom. The number of benzene rings is 2. The number of hydrogen-bond donors (Lipinski definition) is 2. The number of thioether (sulfide) groups is 1. The lowest BCUT2D eigenvalue weighted by Crippen LogP contribution is -2.38. The number of aromatic nitrogens is 1. The third-order valence-corrected chi connectivity index (χ3v) is 6.17. The molecule has 0 aliphatic carbocycles. The van der Waals surface area contributed by atoms with Crippen molar-refractivity contribution in [2.45, 2.75) is 25.3 Å². The average Bonchev–Trinajstić information content (AvgIpc) is 2.80. The Kier molecular flexibility index (Phi) is 6.23. The fraction of sp³-hybridized carbons (Fsp3) is 0.208. The first-order chi connectivity index (χ1) is 15.1. The molecule has 6 nitrogen and oxygen atoms in total. The molecule has 1 aliphatic rings. The number of carbonyl (C=O) groups is 2. The maximum absolute atomic E-state index is 12.9. The summed E-state index contributed by atoms with van der Waals surface area (Å²) in [5.41, 5.74) is 4.82. The van der Waals surface area contributed by atoms with Gasteiger partial charge in [0.05, 0.1) is 5.69 Å². The number of pyridine rings is 1. The van der Waals surface area contributed by atoms with Crippen LogP contribution in [0.25, 0.3) is 0 Å². The Morgan fingerprint density at radius 1 is 1.10 bits per heavy atom. The van der Waals surface area contributed by atoms with E-state index in [1.54, 1.807) is 47.1 Å². The summed E-state index contributed by atoms with van der Waals surface area (Å²) in [7, 11) is 0. The molecule has 0 spiro atoms. The molecule has 0 radical (unpaired) electrons. The fourth-order valence-electron chi connectivity index (χ4n) is 3.58. The first-order valence-electron chi connectivity index (χ1n) is 10.2. The van der Waals surface area contributed by atoms with Crippen LogP contribution in [-0.4, -0.2) is 29.2 Å². The van der Waals surface area contributed by atoms with Crippen molar-refractivity contribution < 1.29 is 9.59 Å². The summed E-state index contributed by atoms with van der Waals surface area (Å²) in [4.78, 5) is 31.8. The van der Waals surface area contributed by atoms with Crippen molar-refractivity contribution in [2.75, 3.05) is 27.8 Å². The zero-order valence-corrected chi connectivity index (χ0v) is 18.3. The highest BCUT2D eigenvalue weighted by molar-refractivity contribution is 7.99. The molecule has 2 N–H and O–H groups in total. The van der Waals surface area contributed by atoms with E-state index in [0.29, 0.717) is 17.8 Å². The molecular formula is C24H24N4O2S. The molecule has 4 rings (SSSR count). The number of nitrogens with zero attached hydrogens (tertiary/aromatic N) is 2. The van der Waals surface area contributed by atoms with Gasteiger partial charge in [-0.2, -0.15) is 0 Å². The molecule has 0 saturated carbocycles. The summed E-state index contributed by atoms with van der Waals surface area (Å²) in [5.74, 6) is 0.583. The molecule has 1 aromatic heterocycles. The van der Waals surface area contributed by atoms with Gasteiger partial charge < -0.3 is 10.6 Å². The van der Waals surface area contributed by atoms with Crippen LogP contribution in [-0.2, 0) is 6.42 Å². The van der Waals surface area contributed by atoms with Crippen LogP contribution in [0.3, 0.4) is 0 Å². The van der Waals surface area contributed by atoms with Gasteiger partial charge >= 0.3 is 6.03 Å². The molecule has 2 heterocycles. The van der Waals surface area contributed by atoms with E-state index < -0.39 is 0 Å². The minimum atomic E-state index is -0.237. The third-order valence-electron chi connectivity index (χ3n) is 5.20. The van der Waals surface area contributed by atoms with E-state index in [4.69, 9.17) is 0 Å². The second kappa shape index (κ2) is 9.22. The van der Waals surface area contributed by atoms with Crippen LogP contribution in [0.5, 0.6) is 0 Å². The van der Waals surface area contributed by atoms with Crippen molar-refractivity contribution >= 4 is 40.8 Å². The average molecular weight is 433 g/mol. The third kappa shape index (κ3) is 4.56. The summed E-state index contributed by atoms with van der Waals surface area (Å²) < 4.78 is 0. The number of anilines is 3. The largest absolute Gasteiger partial charge is 0.326 e. The van der Waals surface area contributed by atoms with Gasteiger partial charge in [-0.25, -0.2) is 9.78 Å². The van der Waals surface area contributed by atoms with Gasteiger partial charge in [0.15, 0.2) is 0 Å². The van der Waals surface area contributed by atoms with E-state index in [1.807, 2.05) is 37.3 Å². The zero-order valence-electron chi connectivity index (χ0n) is 17.5. The van der Waals surface area contributed by atoms with Crippen LogP contribution in [0.2, 0.25) is 0 Å². The van der Waals surface area contributed by atoms with Gasteiger partial charge in [-0.05, 0) is 54.8 Å². The Bertz CT molecular complexity index is 1130. The molecule has 0 fully saturated rings. The second-order valence-corrected chi connectivity index (χ2v) is 8.34. The standard InChI is InChI=1S/C24H24N4O2S/c1-3-17-8-4-7-16(2)21(17)27-22(29)18-9-5-10-19(15-18)26-24(30)28-13-14-31-23-20(28)11-6-12-25-23/h4-12,15H,3,13-14H2,1-2H3,(H,26,30)(H,27,29). The van der Waals surface area contributed by atoms with Crippen LogP contribution in [0.15, 0.2) is 65.8 Å². The van der Waals surface area contributed by atoms with Crippen LogP contribution in [0.1, 0.15) is 28.4 Å². The number of rotatable bonds is 4. The van der Waals surface area contributed by atoms with Gasteiger partial charge in [0, 0.05) is 35.4 Å². The molecule has 158 valence electrons. The first-order valence-corrected chi connectivity index (χ1v) is 11.2. The van der Waals surface area contributed by atoms with E-state index in [9.17, 15) is 9.59 Å². The zero-order chi connectivity index (χ0) is 21.8. The summed E-state index contributed by atoms with van der Waals surface area (Å²) in [6.07, 6.45) is 2.56. The molecule has 3 amide bonds. The molecule has 2 aromatic carbocycles. The lowest BCUT2D eigenvalue weighted by Gasteiger charge is -2.28. The molecule has 7 heteroatoms. The lowest BCUT2D eigenvalue weighted by molar-refractivity contribution is 0.102. The van der Waals surface area contributed by atoms with Gasteiger partial charge in [0.2, 0.25) is 0 Å². The van der Waals surface area contributed by atoms with Gasteiger partial charge in [0.25, 0.3) is 5.91 Å². The highest BCUT2D eigenvalue weighted by Gasteiger charge is 2.24. The maximum Gasteiger partial charge on any atom is 0.326 e. The minimum absolute atomic E-state index is 0.205. The topological polar surface area (TPSA) is 74.3 Å². The van der Waals surface area contributed by atoms with Crippen LogP contribution >= 0.6 is 11.8 Å². The highest BCUT2D eigenvalue weighted by atomic mass is 32.2. The molecule has 31 heavy (non-hydrogen) atoms. The van der Waals surface area contributed by atoms with Crippen molar-refractivity contribution in [2.24, 2.45) is 0 Å². The number of carbonyl (C=O) groups excluding carboxylic acids is 2. The Hall–Kier alpha value is -3.32. The molecule has 0 bridgehead atoms. The van der Waals surface area contributed by atoms with Crippen molar-refractivity contribution in [1.29, 1.82) is 0 Å². The van der Waals surface area contributed by atoms with E-state index in [2.05, 4.69) is 22.5 Å². The molecule has 1 aliphatic heterocycles. The number of para-hydroxylation sites is 1. The van der Waals surface area contributed by atoms with Crippen LogP contribution in [0.4, 0.5) is 21.9 Å². The van der Waals surface area contributed by atoms with Gasteiger partial charge in [0.1, 0.15) is 5.03 Å². The first kappa shape index (κ1) is 20.9.